The Balaban J connectivity index is 1.83. The molecular weight excluding hydrogens is 322 g/mol. The zero-order valence-corrected chi connectivity index (χ0v) is 13.8. The van der Waals surface area contributed by atoms with Crippen LogP contribution in [-0.4, -0.2) is 31.7 Å². The number of carbonyl (C=O) groups is 1. The van der Waals surface area contributed by atoms with E-state index in [2.05, 4.69) is 20.6 Å². The molecule has 1 aliphatic carbocycles. The van der Waals surface area contributed by atoms with Gasteiger partial charge in [-0.3, -0.25) is 14.2 Å². The van der Waals surface area contributed by atoms with Gasteiger partial charge in [-0.2, -0.15) is 0 Å². The second-order valence-electron chi connectivity index (χ2n) is 6.67. The molecule has 0 saturated heterocycles. The van der Waals surface area contributed by atoms with Crippen LogP contribution in [0.4, 0.5) is 11.5 Å². The van der Waals surface area contributed by atoms with Gasteiger partial charge in [-0.1, -0.05) is 0 Å². The van der Waals surface area contributed by atoms with Crippen molar-refractivity contribution in [2.75, 3.05) is 5.32 Å². The topological polar surface area (TPSA) is 109 Å². The van der Waals surface area contributed by atoms with E-state index in [-0.39, 0.29) is 17.6 Å². The smallest absolute Gasteiger partial charge is 0.276 e. The monoisotopic (exact) mass is 341 g/mol. The molecule has 4 rings (SSSR count). The Bertz CT molecular complexity index is 885. The molecular formula is C17H19N5O3. The van der Waals surface area contributed by atoms with E-state index in [1.165, 1.54) is 6.33 Å². The molecule has 2 aliphatic rings. The minimum atomic E-state index is -0.753. The van der Waals surface area contributed by atoms with Crippen molar-refractivity contribution < 1.29 is 9.90 Å². The number of nitrogens with zero attached hydrogens (tertiary/aromatic N) is 3. The highest BCUT2D eigenvalue weighted by atomic mass is 16.3. The van der Waals surface area contributed by atoms with Crippen molar-refractivity contribution in [2.45, 2.75) is 44.4 Å². The van der Waals surface area contributed by atoms with Crippen LogP contribution in [0.1, 0.15) is 41.7 Å². The van der Waals surface area contributed by atoms with Gasteiger partial charge in [0.25, 0.3) is 11.5 Å². The fourth-order valence-corrected chi connectivity index (χ4v) is 3.78. The lowest BCUT2D eigenvalue weighted by Crippen LogP contribution is -2.50. The molecule has 3 N–H and O–H groups in total. The summed E-state index contributed by atoms with van der Waals surface area (Å²) in [5.41, 5.74) is 0.457. The molecule has 1 amide bonds. The molecule has 130 valence electrons. The highest BCUT2D eigenvalue weighted by molar-refractivity contribution is 5.97. The van der Waals surface area contributed by atoms with Gasteiger partial charge in [-0.25, -0.2) is 9.97 Å². The van der Waals surface area contributed by atoms with Gasteiger partial charge in [0.05, 0.1) is 6.10 Å². The molecule has 0 aromatic carbocycles. The average molecular weight is 341 g/mol. The van der Waals surface area contributed by atoms with Gasteiger partial charge >= 0.3 is 0 Å². The number of hydrogen-bond acceptors (Lipinski definition) is 6. The Kier molecular flexibility index (Phi) is 3.57. The number of anilines is 2. The zero-order valence-electron chi connectivity index (χ0n) is 13.8. The molecule has 8 nitrogen and oxygen atoms in total. The molecule has 1 aliphatic heterocycles. The number of hydrogen-bond donors (Lipinski definition) is 3. The molecule has 0 radical (unpaired) electrons. The molecule has 0 unspecified atom stereocenters. The molecule has 0 atom stereocenters. The van der Waals surface area contributed by atoms with E-state index in [4.69, 9.17) is 0 Å². The number of rotatable bonds is 2. The summed E-state index contributed by atoms with van der Waals surface area (Å²) in [6, 6.07) is 3.34. The highest BCUT2D eigenvalue weighted by Crippen LogP contribution is 2.37. The second-order valence-corrected chi connectivity index (χ2v) is 6.67. The summed E-state index contributed by atoms with van der Waals surface area (Å²) < 4.78 is 1.57. The summed E-state index contributed by atoms with van der Waals surface area (Å²) in [7, 11) is 0. The quantitative estimate of drug-likeness (QED) is 0.752. The number of aromatic nitrogens is 3. The lowest BCUT2D eigenvalue weighted by molar-refractivity contribution is 0.0531. The summed E-state index contributed by atoms with van der Waals surface area (Å²) in [6.45, 7) is 1.81. The van der Waals surface area contributed by atoms with Crippen LogP contribution >= 0.6 is 0 Å². The Morgan fingerprint density at radius 1 is 1.36 bits per heavy atom. The summed E-state index contributed by atoms with van der Waals surface area (Å²) in [6.07, 6.45) is 4.76. The third-order valence-electron chi connectivity index (χ3n) is 5.01. The largest absolute Gasteiger partial charge is 0.393 e. The Morgan fingerprint density at radius 3 is 2.80 bits per heavy atom. The lowest BCUT2D eigenvalue weighted by Gasteiger charge is -2.37. The third-order valence-corrected chi connectivity index (χ3v) is 5.01. The van der Waals surface area contributed by atoms with Crippen molar-refractivity contribution in [3.8, 4) is 0 Å². The van der Waals surface area contributed by atoms with Crippen LogP contribution in [0.3, 0.4) is 0 Å². The number of nitrogens with one attached hydrogen (secondary N) is 2. The van der Waals surface area contributed by atoms with Crippen LogP contribution in [0, 0.1) is 6.92 Å². The van der Waals surface area contributed by atoms with Gasteiger partial charge < -0.3 is 15.7 Å². The van der Waals surface area contributed by atoms with Crippen molar-refractivity contribution in [2.24, 2.45) is 0 Å². The number of pyridine rings is 1. The predicted octanol–water partition coefficient (Wildman–Crippen LogP) is 1.02. The fraction of sp³-hybridized carbons (Fsp3) is 0.412. The van der Waals surface area contributed by atoms with Crippen LogP contribution in [0.15, 0.2) is 29.5 Å². The number of aliphatic hydroxyl groups is 1. The second kappa shape index (κ2) is 5.66. The molecule has 25 heavy (non-hydrogen) atoms. The van der Waals surface area contributed by atoms with E-state index in [0.29, 0.717) is 42.9 Å². The summed E-state index contributed by atoms with van der Waals surface area (Å²) in [4.78, 5) is 33.5. The minimum Gasteiger partial charge on any atom is -0.393 e. The van der Waals surface area contributed by atoms with Crippen molar-refractivity contribution in [3.63, 3.8) is 0 Å². The third kappa shape index (κ3) is 2.49. The number of carbonyl (C=O) groups excluding carboxylic acids is 1. The zero-order chi connectivity index (χ0) is 17.6. The van der Waals surface area contributed by atoms with Crippen molar-refractivity contribution in [1.82, 2.24) is 19.9 Å². The normalized spacial score (nSPS) is 24.9. The van der Waals surface area contributed by atoms with Crippen LogP contribution in [0.2, 0.25) is 0 Å². The van der Waals surface area contributed by atoms with Gasteiger partial charge in [0.1, 0.15) is 29.2 Å². The van der Waals surface area contributed by atoms with E-state index in [0.717, 1.165) is 5.56 Å². The van der Waals surface area contributed by atoms with E-state index in [1.807, 2.05) is 6.92 Å². The number of fused-ring (bicyclic) bond motifs is 2. The van der Waals surface area contributed by atoms with Crippen molar-refractivity contribution >= 4 is 17.4 Å². The summed E-state index contributed by atoms with van der Waals surface area (Å²) in [5, 5.41) is 15.8. The minimum absolute atomic E-state index is 0.237. The summed E-state index contributed by atoms with van der Waals surface area (Å²) in [5.74, 6) is 0.275. The van der Waals surface area contributed by atoms with Crippen LogP contribution < -0.4 is 16.2 Å². The Morgan fingerprint density at radius 2 is 2.12 bits per heavy atom. The number of aliphatic hydroxyl groups excluding tert-OH is 1. The Labute approximate surface area is 143 Å². The molecule has 1 saturated carbocycles. The molecule has 0 bridgehead atoms. The number of aryl methyl sites for hydroxylation is 1. The van der Waals surface area contributed by atoms with E-state index < -0.39 is 5.66 Å². The number of amides is 1. The first kappa shape index (κ1) is 15.8. The van der Waals surface area contributed by atoms with Crippen molar-refractivity contribution in [3.05, 3.63) is 46.3 Å². The molecule has 1 fully saturated rings. The maximum absolute atomic E-state index is 13.1. The van der Waals surface area contributed by atoms with E-state index >= 15 is 0 Å². The molecule has 1 spiro atoms. The molecule has 3 heterocycles. The maximum Gasteiger partial charge on any atom is 0.276 e. The first-order chi connectivity index (χ1) is 12.0. The van der Waals surface area contributed by atoms with E-state index in [9.17, 15) is 14.7 Å². The van der Waals surface area contributed by atoms with Crippen LogP contribution in [-0.2, 0) is 5.66 Å². The maximum atomic E-state index is 13.1. The fourth-order valence-electron chi connectivity index (χ4n) is 3.78. The van der Waals surface area contributed by atoms with Gasteiger partial charge in [-0.05, 0) is 50.3 Å². The first-order valence-corrected chi connectivity index (χ1v) is 8.31. The van der Waals surface area contributed by atoms with Crippen LogP contribution in [0.5, 0.6) is 0 Å². The van der Waals surface area contributed by atoms with Gasteiger partial charge in [0.15, 0.2) is 0 Å². The Hall–Kier alpha value is -2.74. The van der Waals surface area contributed by atoms with Gasteiger partial charge in [0, 0.05) is 6.20 Å². The van der Waals surface area contributed by atoms with Crippen LogP contribution in [0.25, 0.3) is 0 Å². The molecule has 8 heteroatoms. The first-order valence-electron chi connectivity index (χ1n) is 8.31. The van der Waals surface area contributed by atoms with Crippen molar-refractivity contribution in [1.29, 1.82) is 0 Å². The standard InChI is InChI=1S/C17H19N5O3/c1-10-8-12(20-13-4-7-18-9-19-13)16(25)22-14(10)15(24)21-17(22)5-2-11(23)3-6-17/h4,7-9,11,23H,2-3,5-6H2,1H3,(H,21,24)(H,18,19,20). The lowest BCUT2D eigenvalue weighted by atomic mass is 9.87. The summed E-state index contributed by atoms with van der Waals surface area (Å²) >= 11 is 0. The van der Waals surface area contributed by atoms with E-state index in [1.54, 1.807) is 22.9 Å². The highest BCUT2D eigenvalue weighted by Gasteiger charge is 2.46. The SMILES string of the molecule is Cc1cc(Nc2ccncn2)c(=O)n2c1C(=O)NC21CCC(O)CC1. The van der Waals surface area contributed by atoms with Gasteiger partial charge in [-0.15, -0.1) is 0 Å². The molecule has 2 aromatic rings. The predicted molar refractivity (Wildman–Crippen MR) is 90.7 cm³/mol. The van der Waals surface area contributed by atoms with Gasteiger partial charge in [0.2, 0.25) is 0 Å². The average Bonchev–Trinajstić information content (AvgIpc) is 2.89. The molecule has 2 aromatic heterocycles.